The number of alkyl halides is 1. The van der Waals surface area contributed by atoms with Crippen molar-refractivity contribution in [2.75, 3.05) is 5.33 Å². The molecule has 0 bridgehead atoms. The van der Waals surface area contributed by atoms with Gasteiger partial charge in [-0.2, -0.15) is 0 Å². The monoisotopic (exact) mass is 403 g/mol. The summed E-state index contributed by atoms with van der Waals surface area (Å²) in [6, 6.07) is 2.76. The average Bonchev–Trinajstić information content (AvgIpc) is 2.14. The minimum Gasteiger partial charge on any atom is -0.293 e. The van der Waals surface area contributed by atoms with Crippen molar-refractivity contribution in [2.45, 2.75) is 0 Å². The Morgan fingerprint density at radius 2 is 2.20 bits per heavy atom. The number of halogens is 3. The van der Waals surface area contributed by atoms with Crippen molar-refractivity contribution in [3.8, 4) is 0 Å². The van der Waals surface area contributed by atoms with E-state index in [1.54, 1.807) is 22.6 Å². The Labute approximate surface area is 112 Å². The van der Waals surface area contributed by atoms with Crippen LogP contribution >= 0.6 is 50.1 Å². The maximum atomic E-state index is 11.4. The fourth-order valence-corrected chi connectivity index (χ4v) is 2.56. The Bertz CT molecular complexity index is 438. The first-order valence-corrected chi connectivity index (χ1v) is 6.27. The largest absolute Gasteiger partial charge is 0.293 e. The predicted molar refractivity (Wildman–Crippen MR) is 68.9 cm³/mol. The van der Waals surface area contributed by atoms with Gasteiger partial charge >= 0.3 is 0 Å². The third-order valence-corrected chi connectivity index (χ3v) is 3.18. The second-order valence-corrected chi connectivity index (χ2v) is 4.76. The van der Waals surface area contributed by atoms with E-state index in [0.29, 0.717) is 8.59 Å². The molecule has 1 rings (SSSR count). The summed E-state index contributed by atoms with van der Waals surface area (Å²) >= 11 is 10.5. The Morgan fingerprint density at radius 1 is 1.60 bits per heavy atom. The first-order chi connectivity index (χ1) is 6.97. The van der Waals surface area contributed by atoms with Crippen LogP contribution < -0.4 is 0 Å². The molecule has 0 atom stereocenters. The maximum Gasteiger partial charge on any atom is 0.293 e. The van der Waals surface area contributed by atoms with Gasteiger partial charge in [-0.05, 0) is 34.7 Å². The number of nitro groups is 1. The summed E-state index contributed by atoms with van der Waals surface area (Å²) in [5.74, 6) is -0.359. The summed E-state index contributed by atoms with van der Waals surface area (Å²) in [7, 11) is 0. The van der Waals surface area contributed by atoms with E-state index in [0.717, 1.165) is 0 Å². The highest BCUT2D eigenvalue weighted by molar-refractivity contribution is 14.1. The number of carbonyl (C=O) groups is 1. The van der Waals surface area contributed by atoms with Crippen LogP contribution in [0.25, 0.3) is 0 Å². The van der Waals surface area contributed by atoms with Gasteiger partial charge in [-0.1, -0.05) is 27.5 Å². The number of hydrogen-bond acceptors (Lipinski definition) is 3. The third-order valence-electron chi connectivity index (χ3n) is 1.63. The van der Waals surface area contributed by atoms with Crippen LogP contribution in [-0.2, 0) is 0 Å². The van der Waals surface area contributed by atoms with Crippen molar-refractivity contribution >= 4 is 61.6 Å². The molecule has 4 nitrogen and oxygen atoms in total. The van der Waals surface area contributed by atoms with Gasteiger partial charge in [-0.25, -0.2) is 0 Å². The first-order valence-electron chi connectivity index (χ1n) is 3.70. The molecule has 1 aromatic rings. The molecule has 0 heterocycles. The number of rotatable bonds is 3. The van der Waals surface area contributed by atoms with Crippen molar-refractivity contribution in [1.82, 2.24) is 0 Å². The lowest BCUT2D eigenvalue weighted by atomic mass is 10.1. The number of benzene rings is 1. The topological polar surface area (TPSA) is 60.2 Å². The second kappa shape index (κ2) is 5.22. The third kappa shape index (κ3) is 2.88. The quantitative estimate of drug-likeness (QED) is 0.255. The molecular weight excluding hydrogens is 400 g/mol. The van der Waals surface area contributed by atoms with Gasteiger partial charge in [0.05, 0.1) is 19.4 Å². The van der Waals surface area contributed by atoms with E-state index < -0.39 is 4.92 Å². The molecule has 0 aromatic heterocycles. The zero-order valence-corrected chi connectivity index (χ0v) is 11.7. The molecule has 0 aliphatic heterocycles. The molecule has 0 spiro atoms. The van der Waals surface area contributed by atoms with Crippen LogP contribution in [0.2, 0.25) is 5.02 Å². The van der Waals surface area contributed by atoms with E-state index >= 15 is 0 Å². The Hall–Kier alpha value is -0.210. The maximum absolute atomic E-state index is 11.4. The van der Waals surface area contributed by atoms with Gasteiger partial charge in [0, 0.05) is 5.02 Å². The zero-order valence-electron chi connectivity index (χ0n) is 7.17. The van der Waals surface area contributed by atoms with Gasteiger partial charge < -0.3 is 0 Å². The van der Waals surface area contributed by atoms with E-state index in [9.17, 15) is 14.9 Å². The van der Waals surface area contributed by atoms with Gasteiger partial charge in [0.15, 0.2) is 5.78 Å². The van der Waals surface area contributed by atoms with Crippen LogP contribution in [-0.4, -0.2) is 16.0 Å². The van der Waals surface area contributed by atoms with Crippen LogP contribution in [0.4, 0.5) is 5.69 Å². The molecule has 0 saturated carbocycles. The predicted octanol–water partition coefficient (Wildman–Crippen LogP) is 3.43. The zero-order chi connectivity index (χ0) is 11.6. The van der Waals surface area contributed by atoms with Crippen molar-refractivity contribution < 1.29 is 9.72 Å². The molecule has 15 heavy (non-hydrogen) atoms. The van der Waals surface area contributed by atoms with Crippen molar-refractivity contribution in [3.05, 3.63) is 36.4 Å². The summed E-state index contributed by atoms with van der Waals surface area (Å²) in [5, 5.41) is 11.1. The van der Waals surface area contributed by atoms with Crippen LogP contribution in [0.15, 0.2) is 12.1 Å². The summed E-state index contributed by atoms with van der Waals surface area (Å²) in [6.07, 6.45) is 0. The van der Waals surface area contributed by atoms with Gasteiger partial charge in [-0.3, -0.25) is 14.9 Å². The van der Waals surface area contributed by atoms with Crippen LogP contribution in [0.5, 0.6) is 0 Å². The molecule has 0 amide bonds. The van der Waals surface area contributed by atoms with Crippen LogP contribution in [0, 0.1) is 13.7 Å². The number of nitro benzene ring substituents is 1. The van der Waals surface area contributed by atoms with Gasteiger partial charge in [0.1, 0.15) is 0 Å². The van der Waals surface area contributed by atoms with Gasteiger partial charge in [0.25, 0.3) is 5.69 Å². The van der Waals surface area contributed by atoms with E-state index in [2.05, 4.69) is 15.9 Å². The molecule has 0 radical (unpaired) electrons. The molecule has 0 aliphatic rings. The molecular formula is C8H4BrClINO3. The molecule has 80 valence electrons. The van der Waals surface area contributed by atoms with Gasteiger partial charge in [-0.15, -0.1) is 0 Å². The van der Waals surface area contributed by atoms with E-state index in [-0.39, 0.29) is 22.4 Å². The number of ketones is 1. The summed E-state index contributed by atoms with van der Waals surface area (Å²) in [5.41, 5.74) is -0.154. The smallest absolute Gasteiger partial charge is 0.293 e. The molecule has 0 saturated heterocycles. The number of carbonyl (C=O) groups excluding carboxylic acids is 1. The van der Waals surface area contributed by atoms with Crippen molar-refractivity contribution in [1.29, 1.82) is 0 Å². The minimum atomic E-state index is -0.575. The normalized spacial score (nSPS) is 10.1. The highest BCUT2D eigenvalue weighted by Gasteiger charge is 2.23. The molecule has 0 fully saturated rings. The molecule has 0 unspecified atom stereocenters. The number of Topliss-reactive ketones (excluding diaryl/α,β-unsaturated/α-hetero) is 1. The molecule has 7 heteroatoms. The van der Waals surface area contributed by atoms with Crippen molar-refractivity contribution in [2.24, 2.45) is 0 Å². The standard InChI is InChI=1S/C8H4BrClINO3/c9-3-7(13)5-1-4(10)2-6(11)8(5)12(14)15/h1-2H,3H2. The first kappa shape index (κ1) is 12.9. The Balaban J connectivity index is 3.46. The second-order valence-electron chi connectivity index (χ2n) is 2.60. The fraction of sp³-hybridized carbons (Fsp3) is 0.125. The van der Waals surface area contributed by atoms with Crippen molar-refractivity contribution in [3.63, 3.8) is 0 Å². The van der Waals surface area contributed by atoms with Crippen LogP contribution in [0.1, 0.15) is 10.4 Å². The lowest BCUT2D eigenvalue weighted by Gasteiger charge is -2.02. The Kier molecular flexibility index (Phi) is 4.47. The number of nitrogens with zero attached hydrogens (tertiary/aromatic N) is 1. The van der Waals surface area contributed by atoms with E-state index in [4.69, 9.17) is 11.6 Å². The van der Waals surface area contributed by atoms with E-state index in [1.165, 1.54) is 12.1 Å². The van der Waals surface area contributed by atoms with E-state index in [1.807, 2.05) is 0 Å². The molecule has 0 aliphatic carbocycles. The molecule has 1 aromatic carbocycles. The minimum absolute atomic E-state index is 0.0320. The summed E-state index contributed by atoms with van der Waals surface area (Å²) < 4.78 is 0.356. The lowest BCUT2D eigenvalue weighted by molar-refractivity contribution is -0.386. The molecule has 0 N–H and O–H groups in total. The van der Waals surface area contributed by atoms with Gasteiger partial charge in [0.2, 0.25) is 0 Å². The average molecular weight is 404 g/mol. The highest BCUT2D eigenvalue weighted by Crippen LogP contribution is 2.29. The fourth-order valence-electron chi connectivity index (χ4n) is 1.04. The summed E-state index contributed by atoms with van der Waals surface area (Å²) in [4.78, 5) is 21.6. The summed E-state index contributed by atoms with van der Waals surface area (Å²) in [6.45, 7) is 0. The van der Waals surface area contributed by atoms with Crippen LogP contribution in [0.3, 0.4) is 0 Å². The SMILES string of the molecule is O=C(CBr)c1cc(Cl)cc(I)c1[N+](=O)[O-]. The highest BCUT2D eigenvalue weighted by atomic mass is 127. The lowest BCUT2D eigenvalue weighted by Crippen LogP contribution is -2.06. The Morgan fingerprint density at radius 3 is 2.67 bits per heavy atom. The number of hydrogen-bond donors (Lipinski definition) is 0.